The molecule has 1 fully saturated rings. The molecule has 0 N–H and O–H groups in total. The van der Waals surface area contributed by atoms with Gasteiger partial charge in [0.25, 0.3) is 0 Å². The van der Waals surface area contributed by atoms with Gasteiger partial charge in [0.1, 0.15) is 0 Å². The number of hydrogen-bond donors (Lipinski definition) is 0. The van der Waals surface area contributed by atoms with Crippen molar-refractivity contribution in [3.05, 3.63) is 35.4 Å². The zero-order chi connectivity index (χ0) is 10.8. The molecule has 1 atom stereocenters. The summed E-state index contributed by atoms with van der Waals surface area (Å²) >= 11 is 6.03. The van der Waals surface area contributed by atoms with Crippen LogP contribution >= 0.6 is 11.6 Å². The molecular formula is C14H19Cl. The molecule has 1 saturated carbocycles. The van der Waals surface area contributed by atoms with E-state index in [1.807, 2.05) is 6.08 Å². The predicted molar refractivity (Wildman–Crippen MR) is 66.9 cm³/mol. The first-order valence-electron chi connectivity index (χ1n) is 5.94. The number of hydrogen-bond acceptors (Lipinski definition) is 0. The summed E-state index contributed by atoms with van der Waals surface area (Å²) in [6, 6.07) is 0. The molecule has 0 saturated heterocycles. The Morgan fingerprint density at radius 3 is 2.47 bits per heavy atom. The lowest BCUT2D eigenvalue weighted by atomic mass is 9.85. The molecule has 2 aliphatic rings. The van der Waals surface area contributed by atoms with Crippen LogP contribution in [-0.2, 0) is 0 Å². The standard InChI is InChI=1S/C14H19Cl/c1-3-12-13(10(2)15)8-9-14(12)11-6-4-5-7-11/h3,11,14H,1-2,4-9H2. The molecule has 0 amide bonds. The van der Waals surface area contributed by atoms with Gasteiger partial charge in [0, 0.05) is 5.03 Å². The van der Waals surface area contributed by atoms with Crippen molar-refractivity contribution in [3.8, 4) is 0 Å². The van der Waals surface area contributed by atoms with Crippen LogP contribution < -0.4 is 0 Å². The highest BCUT2D eigenvalue weighted by Gasteiger charge is 2.32. The lowest BCUT2D eigenvalue weighted by Gasteiger charge is -2.20. The third-order valence-electron chi connectivity index (χ3n) is 3.97. The monoisotopic (exact) mass is 222 g/mol. The van der Waals surface area contributed by atoms with E-state index in [-0.39, 0.29) is 0 Å². The van der Waals surface area contributed by atoms with Crippen molar-refractivity contribution in [1.82, 2.24) is 0 Å². The molecule has 0 bridgehead atoms. The quantitative estimate of drug-likeness (QED) is 0.642. The van der Waals surface area contributed by atoms with Crippen LogP contribution in [0.2, 0.25) is 0 Å². The molecule has 0 spiro atoms. The minimum atomic E-state index is 0.718. The van der Waals surface area contributed by atoms with Gasteiger partial charge in [-0.25, -0.2) is 0 Å². The summed E-state index contributed by atoms with van der Waals surface area (Å²) in [5, 5.41) is 0.727. The van der Waals surface area contributed by atoms with Gasteiger partial charge in [0.05, 0.1) is 0 Å². The average Bonchev–Trinajstić information content (AvgIpc) is 2.85. The smallest absolute Gasteiger partial charge is 0.0369 e. The predicted octanol–water partition coefficient (Wildman–Crippen LogP) is 4.82. The molecule has 0 heterocycles. The lowest BCUT2D eigenvalue weighted by Crippen LogP contribution is -2.10. The van der Waals surface area contributed by atoms with E-state index in [9.17, 15) is 0 Å². The molecule has 0 aliphatic heterocycles. The molecule has 0 aromatic carbocycles. The Kier molecular flexibility index (Phi) is 3.35. The van der Waals surface area contributed by atoms with Crippen LogP contribution in [0.5, 0.6) is 0 Å². The number of halogens is 1. The molecule has 2 rings (SSSR count). The van der Waals surface area contributed by atoms with E-state index in [0.29, 0.717) is 0 Å². The SMILES string of the molecule is C=CC1=C(C(=C)Cl)CCC1C1CCCC1. The van der Waals surface area contributed by atoms with Crippen LogP contribution in [-0.4, -0.2) is 0 Å². The molecule has 0 aromatic heterocycles. The van der Waals surface area contributed by atoms with Crippen molar-refractivity contribution in [1.29, 1.82) is 0 Å². The molecule has 82 valence electrons. The van der Waals surface area contributed by atoms with Crippen LogP contribution in [0.4, 0.5) is 0 Å². The van der Waals surface area contributed by atoms with Crippen molar-refractivity contribution in [2.45, 2.75) is 38.5 Å². The second kappa shape index (κ2) is 4.57. The zero-order valence-corrected chi connectivity index (χ0v) is 10.0. The summed E-state index contributed by atoms with van der Waals surface area (Å²) in [6.07, 6.45) is 9.97. The van der Waals surface area contributed by atoms with Crippen molar-refractivity contribution in [2.24, 2.45) is 11.8 Å². The molecule has 0 aromatic rings. The van der Waals surface area contributed by atoms with E-state index in [1.54, 1.807) is 0 Å². The summed E-state index contributed by atoms with van der Waals surface area (Å²) < 4.78 is 0. The zero-order valence-electron chi connectivity index (χ0n) is 9.27. The highest BCUT2D eigenvalue weighted by molar-refractivity contribution is 6.31. The molecular weight excluding hydrogens is 204 g/mol. The lowest BCUT2D eigenvalue weighted by molar-refractivity contribution is 0.390. The Balaban J connectivity index is 2.20. The minimum absolute atomic E-state index is 0.718. The Labute approximate surface area is 97.7 Å². The summed E-state index contributed by atoms with van der Waals surface area (Å²) in [7, 11) is 0. The maximum atomic E-state index is 6.03. The van der Waals surface area contributed by atoms with Crippen molar-refractivity contribution in [2.75, 3.05) is 0 Å². The Morgan fingerprint density at radius 1 is 1.27 bits per heavy atom. The first-order chi connectivity index (χ1) is 7.24. The van der Waals surface area contributed by atoms with E-state index in [4.69, 9.17) is 11.6 Å². The highest BCUT2D eigenvalue weighted by Crippen LogP contribution is 2.45. The normalized spacial score (nSPS) is 27.4. The topological polar surface area (TPSA) is 0 Å². The fraction of sp³-hybridized carbons (Fsp3) is 0.571. The Morgan fingerprint density at radius 2 is 1.93 bits per heavy atom. The summed E-state index contributed by atoms with van der Waals surface area (Å²) in [5.74, 6) is 1.60. The van der Waals surface area contributed by atoms with Gasteiger partial charge in [-0.2, -0.15) is 0 Å². The van der Waals surface area contributed by atoms with Gasteiger partial charge in [-0.3, -0.25) is 0 Å². The summed E-state index contributed by atoms with van der Waals surface area (Å²) in [6.45, 7) is 7.80. The maximum Gasteiger partial charge on any atom is 0.0369 e. The van der Waals surface area contributed by atoms with Crippen molar-refractivity contribution < 1.29 is 0 Å². The maximum absolute atomic E-state index is 6.03. The van der Waals surface area contributed by atoms with E-state index < -0.39 is 0 Å². The van der Waals surface area contributed by atoms with Gasteiger partial charge in [-0.15, -0.1) is 0 Å². The highest BCUT2D eigenvalue weighted by atomic mass is 35.5. The minimum Gasteiger partial charge on any atom is -0.0988 e. The van der Waals surface area contributed by atoms with E-state index >= 15 is 0 Å². The van der Waals surface area contributed by atoms with Crippen LogP contribution in [0, 0.1) is 11.8 Å². The molecule has 2 aliphatic carbocycles. The fourth-order valence-corrected chi connectivity index (χ4v) is 3.44. The third-order valence-corrected chi connectivity index (χ3v) is 4.20. The molecule has 15 heavy (non-hydrogen) atoms. The second-order valence-corrected chi connectivity index (χ2v) is 5.19. The molecule has 1 unspecified atom stereocenters. The van der Waals surface area contributed by atoms with Crippen molar-refractivity contribution >= 4 is 11.6 Å². The van der Waals surface area contributed by atoms with Gasteiger partial charge < -0.3 is 0 Å². The van der Waals surface area contributed by atoms with Crippen molar-refractivity contribution in [3.63, 3.8) is 0 Å². The first-order valence-corrected chi connectivity index (χ1v) is 6.32. The van der Waals surface area contributed by atoms with E-state index in [1.165, 1.54) is 43.3 Å². The van der Waals surface area contributed by atoms with Gasteiger partial charge in [0.2, 0.25) is 0 Å². The van der Waals surface area contributed by atoms with Crippen LogP contribution in [0.15, 0.2) is 35.4 Å². The molecule has 0 nitrogen and oxygen atoms in total. The number of rotatable bonds is 3. The summed E-state index contributed by atoms with van der Waals surface area (Å²) in [5.41, 5.74) is 2.66. The van der Waals surface area contributed by atoms with Gasteiger partial charge in [-0.05, 0) is 48.7 Å². The van der Waals surface area contributed by atoms with Gasteiger partial charge in [-0.1, -0.05) is 43.7 Å². The second-order valence-electron chi connectivity index (χ2n) is 4.73. The third kappa shape index (κ3) is 2.06. The summed E-state index contributed by atoms with van der Waals surface area (Å²) in [4.78, 5) is 0. The van der Waals surface area contributed by atoms with Crippen LogP contribution in [0.1, 0.15) is 38.5 Å². The van der Waals surface area contributed by atoms with E-state index in [0.717, 1.165) is 23.3 Å². The fourth-order valence-electron chi connectivity index (χ4n) is 3.24. The largest absolute Gasteiger partial charge is 0.0988 e. The first kappa shape index (κ1) is 11.0. The van der Waals surface area contributed by atoms with E-state index in [2.05, 4.69) is 13.2 Å². The van der Waals surface area contributed by atoms with Gasteiger partial charge in [0.15, 0.2) is 0 Å². The number of allylic oxidation sites excluding steroid dienone is 4. The van der Waals surface area contributed by atoms with Crippen LogP contribution in [0.25, 0.3) is 0 Å². The molecule has 0 radical (unpaired) electrons. The van der Waals surface area contributed by atoms with Crippen LogP contribution in [0.3, 0.4) is 0 Å². The average molecular weight is 223 g/mol. The Hall–Kier alpha value is -0.490. The van der Waals surface area contributed by atoms with Gasteiger partial charge >= 0.3 is 0 Å². The molecule has 1 heteroatoms. The Bertz CT molecular complexity index is 305.